The van der Waals surface area contributed by atoms with Gasteiger partial charge in [0.1, 0.15) is 5.60 Å². The lowest BCUT2D eigenvalue weighted by Crippen LogP contribution is -2.32. The van der Waals surface area contributed by atoms with E-state index in [0.717, 1.165) is 0 Å². The lowest BCUT2D eigenvalue weighted by Gasteiger charge is -2.29. The molecular weight excluding hydrogens is 193 g/mol. The van der Waals surface area contributed by atoms with E-state index < -0.39 is 17.5 Å². The van der Waals surface area contributed by atoms with Crippen molar-refractivity contribution >= 4 is 0 Å². The summed E-state index contributed by atoms with van der Waals surface area (Å²) < 4.78 is 42.5. The molecule has 0 aliphatic carbocycles. The van der Waals surface area contributed by atoms with Gasteiger partial charge in [0.15, 0.2) is 5.83 Å². The van der Waals surface area contributed by atoms with Crippen LogP contribution < -0.4 is 0 Å². The molecule has 0 aliphatic rings. The normalized spacial score (nSPS) is 11.2. The molecule has 0 radical (unpaired) electrons. The first kappa shape index (κ1) is 13.2. The van der Waals surface area contributed by atoms with Gasteiger partial charge in [-0.05, 0) is 12.8 Å². The van der Waals surface area contributed by atoms with Crippen molar-refractivity contribution in [1.82, 2.24) is 0 Å². The van der Waals surface area contributed by atoms with E-state index >= 15 is 0 Å². The molecule has 0 aromatic rings. The SMILES string of the molecule is C=CCOC(CC)(CC)C(F)=C(F)F. The van der Waals surface area contributed by atoms with Crippen molar-refractivity contribution in [2.45, 2.75) is 32.3 Å². The van der Waals surface area contributed by atoms with Crippen LogP contribution in [0.2, 0.25) is 0 Å². The molecule has 0 N–H and O–H groups in total. The maximum absolute atomic E-state index is 13.1. The van der Waals surface area contributed by atoms with E-state index in [0.29, 0.717) is 0 Å². The van der Waals surface area contributed by atoms with Crippen molar-refractivity contribution in [2.24, 2.45) is 0 Å². The maximum atomic E-state index is 13.1. The van der Waals surface area contributed by atoms with Crippen LogP contribution >= 0.6 is 0 Å². The number of hydrogen-bond acceptors (Lipinski definition) is 1. The van der Waals surface area contributed by atoms with Crippen LogP contribution in [0.3, 0.4) is 0 Å². The first-order valence-corrected chi connectivity index (χ1v) is 4.50. The molecule has 0 amide bonds. The van der Waals surface area contributed by atoms with E-state index in [1.54, 1.807) is 13.8 Å². The van der Waals surface area contributed by atoms with Crippen molar-refractivity contribution in [1.29, 1.82) is 0 Å². The third kappa shape index (κ3) is 2.87. The highest BCUT2D eigenvalue weighted by Gasteiger charge is 2.35. The third-order valence-electron chi connectivity index (χ3n) is 2.19. The van der Waals surface area contributed by atoms with Crippen LogP contribution in [-0.2, 0) is 4.74 Å². The Balaban J connectivity index is 4.86. The summed E-state index contributed by atoms with van der Waals surface area (Å²) in [6.45, 7) is 6.66. The van der Waals surface area contributed by atoms with Crippen LogP contribution in [-0.4, -0.2) is 12.2 Å². The van der Waals surface area contributed by atoms with E-state index in [-0.39, 0.29) is 19.4 Å². The fraction of sp³-hybridized carbons (Fsp3) is 0.600. The second-order valence-corrected chi connectivity index (χ2v) is 2.88. The maximum Gasteiger partial charge on any atom is 0.304 e. The highest BCUT2D eigenvalue weighted by Crippen LogP contribution is 2.33. The summed E-state index contributed by atoms with van der Waals surface area (Å²) in [5.74, 6) is -1.47. The van der Waals surface area contributed by atoms with Crippen LogP contribution in [0.15, 0.2) is 24.6 Å². The summed E-state index contributed by atoms with van der Waals surface area (Å²) in [5.41, 5.74) is -1.49. The van der Waals surface area contributed by atoms with Gasteiger partial charge in [-0.25, -0.2) is 4.39 Å². The highest BCUT2D eigenvalue weighted by molar-refractivity contribution is 5.10. The minimum atomic E-state index is -2.31. The van der Waals surface area contributed by atoms with E-state index in [9.17, 15) is 13.2 Å². The van der Waals surface area contributed by atoms with Gasteiger partial charge in [0.2, 0.25) is 0 Å². The second-order valence-electron chi connectivity index (χ2n) is 2.88. The third-order valence-corrected chi connectivity index (χ3v) is 2.19. The zero-order valence-corrected chi connectivity index (χ0v) is 8.45. The van der Waals surface area contributed by atoms with Crippen molar-refractivity contribution in [3.63, 3.8) is 0 Å². The standard InChI is InChI=1S/C10H15F3O/c1-4-7-14-10(5-2,6-3)8(11)9(12)13/h4H,1,5-7H2,2-3H3. The van der Waals surface area contributed by atoms with Crippen LogP contribution in [0, 0.1) is 0 Å². The molecule has 0 heterocycles. The van der Waals surface area contributed by atoms with Gasteiger partial charge >= 0.3 is 6.08 Å². The molecule has 82 valence electrons. The average Bonchev–Trinajstić information content (AvgIpc) is 2.19. The van der Waals surface area contributed by atoms with Gasteiger partial charge in [-0.15, -0.1) is 6.58 Å². The number of halogens is 3. The summed E-state index contributed by atoms with van der Waals surface area (Å²) >= 11 is 0. The van der Waals surface area contributed by atoms with E-state index in [1.165, 1.54) is 6.08 Å². The molecule has 0 bridgehead atoms. The van der Waals surface area contributed by atoms with E-state index in [4.69, 9.17) is 4.74 Å². The van der Waals surface area contributed by atoms with Gasteiger partial charge in [0.05, 0.1) is 6.61 Å². The van der Waals surface area contributed by atoms with Gasteiger partial charge in [-0.3, -0.25) is 0 Å². The molecule has 0 saturated heterocycles. The summed E-state index contributed by atoms with van der Waals surface area (Å²) in [6.07, 6.45) is -0.567. The van der Waals surface area contributed by atoms with Crippen LogP contribution in [0.4, 0.5) is 13.2 Å². The lowest BCUT2D eigenvalue weighted by molar-refractivity contribution is -0.0279. The molecule has 0 saturated carbocycles. The first-order chi connectivity index (χ1) is 6.54. The fourth-order valence-electron chi connectivity index (χ4n) is 1.22. The molecule has 0 fully saturated rings. The van der Waals surface area contributed by atoms with Crippen molar-refractivity contribution in [3.05, 3.63) is 24.6 Å². The molecule has 0 atom stereocenters. The molecule has 0 aromatic heterocycles. The van der Waals surface area contributed by atoms with Crippen LogP contribution in [0.1, 0.15) is 26.7 Å². The Bertz CT molecular complexity index is 215. The second kappa shape index (κ2) is 5.86. The molecule has 0 rings (SSSR count). The summed E-state index contributed by atoms with van der Waals surface area (Å²) in [4.78, 5) is 0. The Morgan fingerprint density at radius 2 is 1.79 bits per heavy atom. The summed E-state index contributed by atoms with van der Waals surface area (Å²) in [7, 11) is 0. The first-order valence-electron chi connectivity index (χ1n) is 4.50. The number of rotatable bonds is 6. The molecular formula is C10H15F3O. The Kier molecular flexibility index (Phi) is 5.53. The number of ether oxygens (including phenoxy) is 1. The Morgan fingerprint density at radius 3 is 2.07 bits per heavy atom. The average molecular weight is 208 g/mol. The van der Waals surface area contributed by atoms with Gasteiger partial charge in [-0.2, -0.15) is 8.78 Å². The van der Waals surface area contributed by atoms with Crippen molar-refractivity contribution < 1.29 is 17.9 Å². The number of hydrogen-bond donors (Lipinski definition) is 0. The minimum absolute atomic E-state index is 0.0579. The largest absolute Gasteiger partial charge is 0.364 e. The van der Waals surface area contributed by atoms with Crippen molar-refractivity contribution in [3.8, 4) is 0 Å². The summed E-state index contributed by atoms with van der Waals surface area (Å²) in [6, 6.07) is 0. The van der Waals surface area contributed by atoms with E-state index in [2.05, 4.69) is 6.58 Å². The zero-order valence-electron chi connectivity index (χ0n) is 8.45. The Morgan fingerprint density at radius 1 is 1.29 bits per heavy atom. The quantitative estimate of drug-likeness (QED) is 0.603. The zero-order chi connectivity index (χ0) is 11.2. The van der Waals surface area contributed by atoms with Crippen LogP contribution in [0.25, 0.3) is 0 Å². The Hall–Kier alpha value is -0.770. The molecule has 0 aliphatic heterocycles. The molecule has 0 spiro atoms. The van der Waals surface area contributed by atoms with Crippen LogP contribution in [0.5, 0.6) is 0 Å². The lowest BCUT2D eigenvalue weighted by atomic mass is 9.96. The van der Waals surface area contributed by atoms with Gasteiger partial charge in [0, 0.05) is 0 Å². The molecule has 1 nitrogen and oxygen atoms in total. The topological polar surface area (TPSA) is 9.23 Å². The smallest absolute Gasteiger partial charge is 0.304 e. The predicted octanol–water partition coefficient (Wildman–Crippen LogP) is 3.83. The molecule has 0 aromatic carbocycles. The minimum Gasteiger partial charge on any atom is -0.364 e. The molecule has 14 heavy (non-hydrogen) atoms. The highest BCUT2D eigenvalue weighted by atomic mass is 19.3. The van der Waals surface area contributed by atoms with Crippen molar-refractivity contribution in [2.75, 3.05) is 6.61 Å². The van der Waals surface area contributed by atoms with Gasteiger partial charge < -0.3 is 4.74 Å². The molecule has 0 unspecified atom stereocenters. The summed E-state index contributed by atoms with van der Waals surface area (Å²) in [5, 5.41) is 0. The predicted molar refractivity (Wildman–Crippen MR) is 49.8 cm³/mol. The Labute approximate surface area is 82.3 Å². The van der Waals surface area contributed by atoms with Gasteiger partial charge in [-0.1, -0.05) is 19.9 Å². The fourth-order valence-corrected chi connectivity index (χ4v) is 1.22. The van der Waals surface area contributed by atoms with Gasteiger partial charge in [0.25, 0.3) is 0 Å². The van der Waals surface area contributed by atoms with E-state index in [1.807, 2.05) is 0 Å². The molecule has 4 heteroatoms. The monoisotopic (exact) mass is 208 g/mol.